The van der Waals surface area contributed by atoms with Gasteiger partial charge in [-0.05, 0) is 43.7 Å². The molecule has 3 aromatic rings. The molecule has 0 saturated carbocycles. The molecule has 2 aromatic carbocycles. The van der Waals surface area contributed by atoms with E-state index >= 15 is 0 Å². The summed E-state index contributed by atoms with van der Waals surface area (Å²) in [6.45, 7) is 3.89. The van der Waals surface area contributed by atoms with Crippen molar-refractivity contribution in [3.8, 4) is 16.3 Å². The van der Waals surface area contributed by atoms with Crippen molar-refractivity contribution in [2.45, 2.75) is 32.8 Å². The lowest BCUT2D eigenvalue weighted by Gasteiger charge is -2.27. The van der Waals surface area contributed by atoms with Crippen LogP contribution < -0.4 is 15.8 Å². The summed E-state index contributed by atoms with van der Waals surface area (Å²) in [4.78, 5) is 30.6. The summed E-state index contributed by atoms with van der Waals surface area (Å²) in [5.74, 6) is -1.63. The molecular formula is C22H21F3N4O3S. The van der Waals surface area contributed by atoms with Crippen molar-refractivity contribution in [2.24, 2.45) is 5.73 Å². The van der Waals surface area contributed by atoms with E-state index in [9.17, 15) is 22.8 Å². The van der Waals surface area contributed by atoms with Crippen LogP contribution in [0, 0.1) is 0 Å². The monoisotopic (exact) mass is 478 g/mol. The fraction of sp³-hybridized carbons (Fsp3) is 0.227. The number of carbonyl (C=O) groups excluding carboxylic acids is 2. The summed E-state index contributed by atoms with van der Waals surface area (Å²) in [6.07, 6.45) is -3.22. The molecule has 0 fully saturated rings. The first kappa shape index (κ1) is 24.1. The van der Waals surface area contributed by atoms with E-state index in [1.54, 1.807) is 6.20 Å². The van der Waals surface area contributed by atoms with Crippen molar-refractivity contribution in [2.75, 3.05) is 5.32 Å². The maximum Gasteiger partial charge on any atom is 0.573 e. The molecule has 0 aliphatic heterocycles. The number of amides is 3. The first-order chi connectivity index (χ1) is 15.5. The van der Waals surface area contributed by atoms with Gasteiger partial charge in [0.2, 0.25) is 0 Å². The molecule has 7 nitrogen and oxygen atoms in total. The van der Waals surface area contributed by atoms with Gasteiger partial charge in [-0.3, -0.25) is 4.79 Å². The molecule has 1 heterocycles. The number of ether oxygens (including phenoxy) is 1. The van der Waals surface area contributed by atoms with Gasteiger partial charge in [0, 0.05) is 29.7 Å². The van der Waals surface area contributed by atoms with Gasteiger partial charge in [0.25, 0.3) is 5.91 Å². The van der Waals surface area contributed by atoms with Crippen molar-refractivity contribution in [1.29, 1.82) is 0 Å². The number of alkyl halides is 3. The molecule has 0 bridgehead atoms. The lowest BCUT2D eigenvalue weighted by molar-refractivity contribution is -0.274. The summed E-state index contributed by atoms with van der Waals surface area (Å²) >= 11 is 1.50. The topological polar surface area (TPSA) is 97.6 Å². The molecule has 174 valence electrons. The standard InChI is InChI=1S/C22H21F3N4O3S/c1-13(2)29(12-14-4-3-5-15(10-14)20-27-8-9-33-20)21(31)28-18-7-6-16(32-22(23,24)25)11-17(18)19(26)30/h3-11,13H,12H2,1-2H3,(H2,26,30)(H,28,31). The number of thiazole rings is 1. The third kappa shape index (κ3) is 6.45. The van der Waals surface area contributed by atoms with E-state index in [0.717, 1.165) is 34.3 Å². The molecule has 0 unspecified atom stereocenters. The Labute approximate surface area is 192 Å². The second-order valence-electron chi connectivity index (χ2n) is 7.31. The smallest absolute Gasteiger partial charge is 0.406 e. The molecule has 0 radical (unpaired) electrons. The highest BCUT2D eigenvalue weighted by atomic mass is 32.1. The Morgan fingerprint density at radius 1 is 1.21 bits per heavy atom. The summed E-state index contributed by atoms with van der Waals surface area (Å²) in [6, 6.07) is 9.79. The van der Waals surface area contributed by atoms with Crippen molar-refractivity contribution >= 4 is 29.0 Å². The number of nitrogens with one attached hydrogen (secondary N) is 1. The molecule has 11 heteroatoms. The Morgan fingerprint density at radius 2 is 1.97 bits per heavy atom. The number of urea groups is 1. The van der Waals surface area contributed by atoms with Gasteiger partial charge >= 0.3 is 12.4 Å². The van der Waals surface area contributed by atoms with Gasteiger partial charge < -0.3 is 20.7 Å². The number of carbonyl (C=O) groups is 2. The third-order valence-electron chi connectivity index (χ3n) is 4.58. The van der Waals surface area contributed by atoms with Gasteiger partial charge in [-0.15, -0.1) is 24.5 Å². The van der Waals surface area contributed by atoms with Gasteiger partial charge in [-0.1, -0.05) is 18.2 Å². The zero-order valence-electron chi connectivity index (χ0n) is 17.7. The number of primary amides is 1. The zero-order valence-corrected chi connectivity index (χ0v) is 18.5. The van der Waals surface area contributed by atoms with E-state index in [0.29, 0.717) is 0 Å². The van der Waals surface area contributed by atoms with Gasteiger partial charge in [-0.25, -0.2) is 9.78 Å². The van der Waals surface area contributed by atoms with Crippen LogP contribution in [-0.2, 0) is 6.54 Å². The van der Waals surface area contributed by atoms with Gasteiger partial charge in [0.15, 0.2) is 0 Å². The molecule has 1 aromatic heterocycles. The van der Waals surface area contributed by atoms with E-state index in [-0.39, 0.29) is 23.8 Å². The maximum atomic E-state index is 13.0. The van der Waals surface area contributed by atoms with Crippen LogP contribution in [0.3, 0.4) is 0 Å². The lowest BCUT2D eigenvalue weighted by Crippen LogP contribution is -2.39. The Morgan fingerprint density at radius 3 is 2.58 bits per heavy atom. The highest BCUT2D eigenvalue weighted by Gasteiger charge is 2.31. The molecule has 3 amide bonds. The van der Waals surface area contributed by atoms with E-state index < -0.39 is 24.1 Å². The van der Waals surface area contributed by atoms with E-state index in [2.05, 4.69) is 15.0 Å². The number of nitrogens with two attached hydrogens (primary N) is 1. The second kappa shape index (κ2) is 9.90. The molecule has 0 atom stereocenters. The van der Waals surface area contributed by atoms with Gasteiger partial charge in [0.1, 0.15) is 10.8 Å². The number of halogens is 3. The minimum atomic E-state index is -4.93. The molecule has 3 N–H and O–H groups in total. The van der Waals surface area contributed by atoms with Crippen LogP contribution in [0.1, 0.15) is 29.8 Å². The first-order valence-corrected chi connectivity index (χ1v) is 10.7. The highest BCUT2D eigenvalue weighted by molar-refractivity contribution is 7.13. The number of nitrogens with zero attached hydrogens (tertiary/aromatic N) is 2. The number of aromatic nitrogens is 1. The molecule has 3 rings (SSSR count). The Bertz CT molecular complexity index is 1130. The van der Waals surface area contributed by atoms with E-state index in [1.165, 1.54) is 16.2 Å². The minimum Gasteiger partial charge on any atom is -0.406 e. The Kier molecular flexibility index (Phi) is 7.22. The zero-order chi connectivity index (χ0) is 24.2. The van der Waals surface area contributed by atoms with E-state index in [1.807, 2.05) is 43.5 Å². The maximum absolute atomic E-state index is 13.0. The van der Waals surface area contributed by atoms with Gasteiger partial charge in [0.05, 0.1) is 11.3 Å². The van der Waals surface area contributed by atoms with Crippen LogP contribution in [0.15, 0.2) is 54.0 Å². The van der Waals surface area contributed by atoms with Crippen LogP contribution >= 0.6 is 11.3 Å². The largest absolute Gasteiger partial charge is 0.573 e. The lowest BCUT2D eigenvalue weighted by atomic mass is 10.1. The van der Waals surface area contributed by atoms with Crippen LogP contribution in [0.25, 0.3) is 10.6 Å². The molecule has 0 aliphatic rings. The van der Waals surface area contributed by atoms with Crippen LogP contribution in [0.2, 0.25) is 0 Å². The minimum absolute atomic E-state index is 0.0239. The molecule has 0 spiro atoms. The van der Waals surface area contributed by atoms with Crippen LogP contribution in [-0.4, -0.2) is 34.2 Å². The number of rotatable bonds is 7. The third-order valence-corrected chi connectivity index (χ3v) is 5.40. The summed E-state index contributed by atoms with van der Waals surface area (Å²) in [5, 5.41) is 5.29. The van der Waals surface area contributed by atoms with Crippen molar-refractivity contribution in [3.63, 3.8) is 0 Å². The second-order valence-corrected chi connectivity index (χ2v) is 8.20. The fourth-order valence-corrected chi connectivity index (χ4v) is 3.71. The normalized spacial score (nSPS) is 11.3. The first-order valence-electron chi connectivity index (χ1n) is 9.79. The average Bonchev–Trinajstić information content (AvgIpc) is 3.27. The summed E-state index contributed by atoms with van der Waals surface area (Å²) < 4.78 is 41.3. The summed E-state index contributed by atoms with van der Waals surface area (Å²) in [5.41, 5.74) is 6.75. The Hall–Kier alpha value is -3.60. The predicted octanol–water partition coefficient (Wildman–Crippen LogP) is 5.25. The summed E-state index contributed by atoms with van der Waals surface area (Å²) in [7, 11) is 0. The van der Waals surface area contributed by atoms with Gasteiger partial charge in [-0.2, -0.15) is 0 Å². The van der Waals surface area contributed by atoms with E-state index in [4.69, 9.17) is 5.73 Å². The molecule has 33 heavy (non-hydrogen) atoms. The Balaban J connectivity index is 1.81. The number of hydrogen-bond acceptors (Lipinski definition) is 5. The SMILES string of the molecule is CC(C)N(Cc1cccc(-c2nccs2)c1)C(=O)Nc1ccc(OC(F)(F)F)cc1C(N)=O. The highest BCUT2D eigenvalue weighted by Crippen LogP contribution is 2.28. The van der Waals surface area contributed by atoms with Crippen LogP contribution in [0.4, 0.5) is 23.7 Å². The quantitative estimate of drug-likeness (QED) is 0.485. The number of anilines is 1. The molecule has 0 saturated heterocycles. The molecular weight excluding hydrogens is 457 g/mol. The van der Waals surface area contributed by atoms with Crippen molar-refractivity contribution < 1.29 is 27.5 Å². The molecule has 0 aliphatic carbocycles. The average molecular weight is 478 g/mol. The van der Waals surface area contributed by atoms with Crippen molar-refractivity contribution in [1.82, 2.24) is 9.88 Å². The number of hydrogen-bond donors (Lipinski definition) is 2. The fourth-order valence-electron chi connectivity index (χ4n) is 3.07. The number of benzene rings is 2. The van der Waals surface area contributed by atoms with Crippen molar-refractivity contribution in [3.05, 3.63) is 65.2 Å². The van der Waals surface area contributed by atoms with Crippen LogP contribution in [0.5, 0.6) is 5.75 Å². The predicted molar refractivity (Wildman–Crippen MR) is 119 cm³/mol.